The van der Waals surface area contributed by atoms with Gasteiger partial charge in [-0.25, -0.2) is 0 Å². The van der Waals surface area contributed by atoms with E-state index in [4.69, 9.17) is 0 Å². The van der Waals surface area contributed by atoms with Gasteiger partial charge in [0.1, 0.15) is 5.69 Å². The summed E-state index contributed by atoms with van der Waals surface area (Å²) in [5.74, 6) is -2.83. The van der Waals surface area contributed by atoms with Gasteiger partial charge in [0, 0.05) is 30.3 Å². The normalized spacial score (nSPS) is 15.9. The predicted molar refractivity (Wildman–Crippen MR) is 99.9 cm³/mol. The molecule has 0 amide bonds. The standard InChI is InChI=1S/C21H20F2N2O2/c1-21(22,23)19-9-15-16(10-24-19)20(27)25(18(12-26)14-7-8-14)11-17(15)13-5-3-2-4-6-13/h2-6,9-11,14,18,26H,7-8,12H2,1H3. The van der Waals surface area contributed by atoms with Crippen LogP contribution in [0.25, 0.3) is 21.9 Å². The third-order valence-corrected chi connectivity index (χ3v) is 5.17. The van der Waals surface area contributed by atoms with Gasteiger partial charge in [-0.05, 0) is 30.4 Å². The van der Waals surface area contributed by atoms with Crippen molar-refractivity contribution in [3.8, 4) is 11.1 Å². The molecule has 0 bridgehead atoms. The van der Waals surface area contributed by atoms with Crippen LogP contribution in [-0.2, 0) is 5.92 Å². The fraction of sp³-hybridized carbons (Fsp3) is 0.333. The summed E-state index contributed by atoms with van der Waals surface area (Å²) < 4.78 is 29.2. The van der Waals surface area contributed by atoms with Gasteiger partial charge < -0.3 is 9.67 Å². The Balaban J connectivity index is 2.03. The lowest BCUT2D eigenvalue weighted by Gasteiger charge is -2.20. The number of hydrogen-bond donors (Lipinski definition) is 1. The topological polar surface area (TPSA) is 55.1 Å². The molecule has 0 aliphatic heterocycles. The number of aromatic nitrogens is 2. The zero-order valence-corrected chi connectivity index (χ0v) is 14.9. The largest absolute Gasteiger partial charge is 0.394 e. The first-order chi connectivity index (χ1) is 12.9. The van der Waals surface area contributed by atoms with Crippen molar-refractivity contribution in [1.29, 1.82) is 0 Å². The van der Waals surface area contributed by atoms with E-state index in [-0.39, 0.29) is 35.2 Å². The molecule has 1 unspecified atom stereocenters. The number of aliphatic hydroxyl groups is 1. The van der Waals surface area contributed by atoms with Gasteiger partial charge in [0.05, 0.1) is 18.0 Å². The van der Waals surface area contributed by atoms with Crippen LogP contribution in [0.3, 0.4) is 0 Å². The van der Waals surface area contributed by atoms with E-state index in [1.807, 2.05) is 30.3 Å². The lowest BCUT2D eigenvalue weighted by molar-refractivity contribution is 0.0129. The SMILES string of the molecule is CC(F)(F)c1cc2c(-c3ccccc3)cn(C(CO)C3CC3)c(=O)c2cn1. The van der Waals surface area contributed by atoms with E-state index >= 15 is 0 Å². The number of benzene rings is 1. The van der Waals surface area contributed by atoms with Crippen molar-refractivity contribution < 1.29 is 13.9 Å². The Morgan fingerprint density at radius 2 is 1.96 bits per heavy atom. The first-order valence-corrected chi connectivity index (χ1v) is 8.99. The van der Waals surface area contributed by atoms with Crippen molar-refractivity contribution >= 4 is 10.8 Å². The van der Waals surface area contributed by atoms with Crippen molar-refractivity contribution in [3.05, 3.63) is 64.8 Å². The third kappa shape index (κ3) is 3.25. The molecule has 1 saturated carbocycles. The number of hydrogen-bond acceptors (Lipinski definition) is 3. The van der Waals surface area contributed by atoms with Crippen LogP contribution in [0.5, 0.6) is 0 Å². The second-order valence-corrected chi connectivity index (χ2v) is 7.21. The monoisotopic (exact) mass is 370 g/mol. The molecule has 1 aliphatic rings. The van der Waals surface area contributed by atoms with Crippen molar-refractivity contribution in [1.82, 2.24) is 9.55 Å². The van der Waals surface area contributed by atoms with E-state index in [0.717, 1.165) is 25.3 Å². The van der Waals surface area contributed by atoms with E-state index < -0.39 is 5.92 Å². The summed E-state index contributed by atoms with van der Waals surface area (Å²) >= 11 is 0. The van der Waals surface area contributed by atoms with Crippen molar-refractivity contribution in [3.63, 3.8) is 0 Å². The minimum absolute atomic E-state index is 0.136. The molecular formula is C21H20F2N2O2. The van der Waals surface area contributed by atoms with Crippen LogP contribution in [0.15, 0.2) is 53.6 Å². The molecule has 1 fully saturated rings. The average molecular weight is 370 g/mol. The highest BCUT2D eigenvalue weighted by Gasteiger charge is 2.33. The Hall–Kier alpha value is -2.60. The van der Waals surface area contributed by atoms with E-state index in [1.165, 1.54) is 12.3 Å². The van der Waals surface area contributed by atoms with Gasteiger partial charge in [0.25, 0.3) is 11.5 Å². The smallest absolute Gasteiger partial charge is 0.286 e. The average Bonchev–Trinajstić information content (AvgIpc) is 3.49. The number of fused-ring (bicyclic) bond motifs is 1. The third-order valence-electron chi connectivity index (χ3n) is 5.17. The van der Waals surface area contributed by atoms with Gasteiger partial charge in [-0.1, -0.05) is 30.3 Å². The summed E-state index contributed by atoms with van der Waals surface area (Å²) in [6.45, 7) is 0.655. The highest BCUT2D eigenvalue weighted by atomic mass is 19.3. The number of rotatable bonds is 5. The minimum Gasteiger partial charge on any atom is -0.394 e. The molecular weight excluding hydrogens is 350 g/mol. The fourth-order valence-electron chi connectivity index (χ4n) is 3.53. The minimum atomic E-state index is -3.10. The molecule has 1 aromatic carbocycles. The molecule has 0 spiro atoms. The van der Waals surface area contributed by atoms with Gasteiger partial charge in [-0.3, -0.25) is 9.78 Å². The maximum absolute atomic E-state index is 13.8. The summed E-state index contributed by atoms with van der Waals surface area (Å²) in [7, 11) is 0. The van der Waals surface area contributed by atoms with Crippen molar-refractivity contribution in [2.75, 3.05) is 6.61 Å². The molecule has 140 valence electrons. The van der Waals surface area contributed by atoms with E-state index in [9.17, 15) is 18.7 Å². The lowest BCUT2D eigenvalue weighted by Crippen LogP contribution is -2.28. The van der Waals surface area contributed by atoms with E-state index in [0.29, 0.717) is 10.9 Å². The Morgan fingerprint density at radius 1 is 1.26 bits per heavy atom. The van der Waals surface area contributed by atoms with Gasteiger partial charge >= 0.3 is 0 Å². The maximum atomic E-state index is 13.8. The molecule has 2 heterocycles. The molecule has 4 nitrogen and oxygen atoms in total. The fourth-order valence-corrected chi connectivity index (χ4v) is 3.53. The van der Waals surface area contributed by atoms with Crippen LogP contribution >= 0.6 is 0 Å². The Labute approximate surface area is 155 Å². The quantitative estimate of drug-likeness (QED) is 0.735. The zero-order valence-electron chi connectivity index (χ0n) is 14.9. The molecule has 1 atom stereocenters. The van der Waals surface area contributed by atoms with Gasteiger partial charge in [0.2, 0.25) is 0 Å². The van der Waals surface area contributed by atoms with Crippen LogP contribution in [0.4, 0.5) is 8.78 Å². The summed E-state index contributed by atoms with van der Waals surface area (Å²) in [5, 5.41) is 10.6. The second-order valence-electron chi connectivity index (χ2n) is 7.21. The number of pyridine rings is 2. The molecule has 0 saturated heterocycles. The molecule has 6 heteroatoms. The first kappa shape index (κ1) is 17.8. The highest BCUT2D eigenvalue weighted by Crippen LogP contribution is 2.40. The maximum Gasteiger partial charge on any atom is 0.286 e. The molecule has 1 N–H and O–H groups in total. The number of alkyl halides is 2. The number of aliphatic hydroxyl groups excluding tert-OH is 1. The Morgan fingerprint density at radius 3 is 2.56 bits per heavy atom. The first-order valence-electron chi connectivity index (χ1n) is 8.99. The Kier molecular flexibility index (Phi) is 4.30. The Bertz CT molecular complexity index is 1040. The summed E-state index contributed by atoms with van der Waals surface area (Å²) in [6, 6.07) is 10.3. The van der Waals surface area contributed by atoms with Crippen LogP contribution in [0.2, 0.25) is 0 Å². The molecule has 1 aliphatic carbocycles. The van der Waals surface area contributed by atoms with E-state index in [1.54, 1.807) is 10.8 Å². The summed E-state index contributed by atoms with van der Waals surface area (Å²) in [4.78, 5) is 16.9. The number of halogens is 2. The molecule has 4 rings (SSSR count). The molecule has 0 radical (unpaired) electrons. The van der Waals surface area contributed by atoms with E-state index in [2.05, 4.69) is 4.98 Å². The predicted octanol–water partition coefficient (Wildman–Crippen LogP) is 4.12. The van der Waals surface area contributed by atoms with Crippen LogP contribution in [0.1, 0.15) is 31.5 Å². The zero-order chi connectivity index (χ0) is 19.2. The second kappa shape index (κ2) is 6.53. The van der Waals surface area contributed by atoms with Crippen molar-refractivity contribution in [2.24, 2.45) is 5.92 Å². The molecule has 27 heavy (non-hydrogen) atoms. The van der Waals surface area contributed by atoms with Gasteiger partial charge in [-0.2, -0.15) is 8.78 Å². The van der Waals surface area contributed by atoms with Gasteiger partial charge in [-0.15, -0.1) is 0 Å². The van der Waals surface area contributed by atoms with Crippen molar-refractivity contribution in [2.45, 2.75) is 31.7 Å². The molecule has 3 aromatic rings. The molecule has 2 aromatic heterocycles. The van der Waals surface area contributed by atoms with Crippen LogP contribution < -0.4 is 5.56 Å². The lowest BCUT2D eigenvalue weighted by atomic mass is 9.99. The van der Waals surface area contributed by atoms with Gasteiger partial charge in [0.15, 0.2) is 0 Å². The number of nitrogens with zero attached hydrogens (tertiary/aromatic N) is 2. The highest BCUT2D eigenvalue weighted by molar-refractivity contribution is 5.95. The van der Waals surface area contributed by atoms with Crippen LogP contribution in [-0.4, -0.2) is 21.3 Å². The summed E-state index contributed by atoms with van der Waals surface area (Å²) in [6.07, 6.45) is 4.86. The summed E-state index contributed by atoms with van der Waals surface area (Å²) in [5.41, 5.74) is 0.817. The van der Waals surface area contributed by atoms with Crippen LogP contribution in [0, 0.1) is 5.92 Å².